The fourth-order valence-corrected chi connectivity index (χ4v) is 2.92. The highest BCUT2D eigenvalue weighted by Gasteiger charge is 2.11. The molecule has 11 heteroatoms. The molecule has 1 aromatic heterocycles. The molecule has 0 aliphatic rings. The number of nitrogens with zero attached hydrogens (tertiary/aromatic N) is 1. The van der Waals surface area contributed by atoms with Crippen molar-refractivity contribution in [2.75, 3.05) is 27.7 Å². The standard InChI is InChI=1S/C14H21N3O2S.H2O4S/c1-15-20(18,19)10-11-4-5-14-13(8-11)12(9-16-14)6-7-17(2)3;1-5(2,3)4/h4-5,8-9,15-16H,6-7,10H2,1-3H3;(H2,1,2,3,4). The number of rotatable bonds is 6. The molecule has 0 amide bonds. The number of nitrogens with one attached hydrogen (secondary N) is 2. The van der Waals surface area contributed by atoms with Crippen LogP contribution in [0.15, 0.2) is 24.4 Å². The van der Waals surface area contributed by atoms with Gasteiger partial charge in [-0.1, -0.05) is 6.07 Å². The summed E-state index contributed by atoms with van der Waals surface area (Å²) in [5.41, 5.74) is 3.07. The van der Waals surface area contributed by atoms with Gasteiger partial charge >= 0.3 is 10.4 Å². The van der Waals surface area contributed by atoms with Gasteiger partial charge in [-0.05, 0) is 50.8 Å². The Hall–Kier alpha value is -1.50. The molecule has 0 atom stereocenters. The minimum Gasteiger partial charge on any atom is -0.361 e. The minimum absolute atomic E-state index is 0.0116. The zero-order valence-electron chi connectivity index (χ0n) is 14.2. The van der Waals surface area contributed by atoms with Gasteiger partial charge in [0.25, 0.3) is 0 Å². The highest BCUT2D eigenvalue weighted by atomic mass is 32.3. The lowest BCUT2D eigenvalue weighted by Gasteiger charge is -2.08. The van der Waals surface area contributed by atoms with Crippen LogP contribution in [0.3, 0.4) is 0 Å². The Labute approximate surface area is 147 Å². The molecule has 0 aliphatic heterocycles. The molecule has 0 unspecified atom stereocenters. The van der Waals surface area contributed by atoms with Gasteiger partial charge in [-0.25, -0.2) is 13.1 Å². The minimum atomic E-state index is -4.67. The van der Waals surface area contributed by atoms with Crippen LogP contribution in [0.2, 0.25) is 0 Å². The molecular weight excluding hydrogens is 370 g/mol. The number of aromatic amines is 1. The van der Waals surface area contributed by atoms with Crippen molar-refractivity contribution in [3.8, 4) is 0 Å². The molecule has 142 valence electrons. The third-order valence-electron chi connectivity index (χ3n) is 3.33. The summed E-state index contributed by atoms with van der Waals surface area (Å²) < 4.78 is 57.2. The van der Waals surface area contributed by atoms with Crippen LogP contribution in [0.25, 0.3) is 10.9 Å². The van der Waals surface area contributed by atoms with Crippen LogP contribution in [-0.2, 0) is 32.6 Å². The van der Waals surface area contributed by atoms with E-state index < -0.39 is 20.4 Å². The Morgan fingerprint density at radius 2 is 1.76 bits per heavy atom. The van der Waals surface area contributed by atoms with Crippen LogP contribution in [-0.4, -0.2) is 63.5 Å². The van der Waals surface area contributed by atoms with Gasteiger partial charge in [-0.15, -0.1) is 0 Å². The second-order valence-corrected chi connectivity index (χ2v) is 8.48. The molecule has 0 saturated carbocycles. The number of fused-ring (bicyclic) bond motifs is 1. The summed E-state index contributed by atoms with van der Waals surface area (Å²) >= 11 is 0. The van der Waals surface area contributed by atoms with Crippen molar-refractivity contribution in [3.05, 3.63) is 35.5 Å². The summed E-state index contributed by atoms with van der Waals surface area (Å²) in [6.45, 7) is 0.964. The molecule has 0 bridgehead atoms. The predicted octanol–water partition coefficient (Wildman–Crippen LogP) is 0.668. The number of likely N-dealkylation sites (N-methyl/N-ethyl adjacent to an activating group) is 1. The number of sulfonamides is 1. The maximum atomic E-state index is 11.6. The number of aromatic nitrogens is 1. The normalized spacial score (nSPS) is 12.2. The summed E-state index contributed by atoms with van der Waals surface area (Å²) in [6, 6.07) is 5.75. The molecule has 0 spiro atoms. The highest BCUT2D eigenvalue weighted by molar-refractivity contribution is 7.88. The van der Waals surface area contributed by atoms with Crippen molar-refractivity contribution in [1.82, 2.24) is 14.6 Å². The third kappa shape index (κ3) is 8.43. The Kier molecular flexibility index (Phi) is 7.53. The van der Waals surface area contributed by atoms with Crippen LogP contribution in [0, 0.1) is 0 Å². The van der Waals surface area contributed by atoms with E-state index in [-0.39, 0.29) is 5.75 Å². The van der Waals surface area contributed by atoms with Gasteiger partial charge in [0, 0.05) is 23.6 Å². The summed E-state index contributed by atoms with van der Waals surface area (Å²) in [6.07, 6.45) is 2.94. The second-order valence-electron chi connectivity index (χ2n) is 5.66. The summed E-state index contributed by atoms with van der Waals surface area (Å²) in [4.78, 5) is 5.37. The average molecular weight is 393 g/mol. The number of benzene rings is 1. The SMILES string of the molecule is CNS(=O)(=O)Cc1ccc2[nH]cc(CCN(C)C)c2c1.O=S(=O)(O)O. The van der Waals surface area contributed by atoms with Gasteiger partial charge in [0.05, 0.1) is 5.75 Å². The third-order valence-corrected chi connectivity index (χ3v) is 4.66. The zero-order chi connectivity index (χ0) is 19.3. The monoisotopic (exact) mass is 393 g/mol. The first-order valence-corrected chi connectivity index (χ1v) is 10.3. The molecule has 9 nitrogen and oxygen atoms in total. The Morgan fingerprint density at radius 3 is 2.28 bits per heavy atom. The van der Waals surface area contributed by atoms with E-state index in [1.807, 2.05) is 38.5 Å². The van der Waals surface area contributed by atoms with Crippen LogP contribution in [0.5, 0.6) is 0 Å². The van der Waals surface area contributed by atoms with E-state index in [1.165, 1.54) is 12.6 Å². The Balaban J connectivity index is 0.000000550. The lowest BCUT2D eigenvalue weighted by Crippen LogP contribution is -2.20. The fraction of sp³-hybridized carbons (Fsp3) is 0.429. The molecule has 0 aliphatic carbocycles. The van der Waals surface area contributed by atoms with E-state index in [0.29, 0.717) is 0 Å². The molecule has 25 heavy (non-hydrogen) atoms. The molecule has 0 radical (unpaired) electrons. The molecule has 0 saturated heterocycles. The smallest absolute Gasteiger partial charge is 0.361 e. The van der Waals surface area contributed by atoms with Crippen LogP contribution in [0.4, 0.5) is 0 Å². The summed E-state index contributed by atoms with van der Waals surface area (Å²) in [5.74, 6) is 0.0116. The van der Waals surface area contributed by atoms with Gasteiger partial charge in [0.15, 0.2) is 0 Å². The largest absolute Gasteiger partial charge is 0.394 e. The highest BCUT2D eigenvalue weighted by Crippen LogP contribution is 2.21. The maximum Gasteiger partial charge on any atom is 0.394 e. The topological polar surface area (TPSA) is 140 Å². The first kappa shape index (κ1) is 21.5. The molecule has 4 N–H and O–H groups in total. The van der Waals surface area contributed by atoms with Gasteiger partial charge in [0.2, 0.25) is 10.0 Å². The van der Waals surface area contributed by atoms with Gasteiger partial charge in [-0.3, -0.25) is 9.11 Å². The van der Waals surface area contributed by atoms with E-state index in [0.717, 1.165) is 29.4 Å². The molecule has 1 heterocycles. The molecular formula is C14H23N3O6S2. The maximum absolute atomic E-state index is 11.6. The van der Waals surface area contributed by atoms with Crippen LogP contribution < -0.4 is 4.72 Å². The number of H-pyrrole nitrogens is 1. The van der Waals surface area contributed by atoms with E-state index in [4.69, 9.17) is 17.5 Å². The van der Waals surface area contributed by atoms with Crippen LogP contribution >= 0.6 is 0 Å². The first-order valence-electron chi connectivity index (χ1n) is 7.26. The lowest BCUT2D eigenvalue weighted by molar-refractivity contribution is 0.381. The fourth-order valence-electron chi connectivity index (χ4n) is 2.16. The van der Waals surface area contributed by atoms with Crippen molar-refractivity contribution >= 4 is 31.3 Å². The lowest BCUT2D eigenvalue weighted by atomic mass is 10.1. The molecule has 2 rings (SSSR count). The average Bonchev–Trinajstić information content (AvgIpc) is 2.85. The van der Waals surface area contributed by atoms with Crippen molar-refractivity contribution in [1.29, 1.82) is 0 Å². The van der Waals surface area contributed by atoms with E-state index in [9.17, 15) is 8.42 Å². The van der Waals surface area contributed by atoms with Gasteiger partial charge in [-0.2, -0.15) is 8.42 Å². The Morgan fingerprint density at radius 1 is 1.16 bits per heavy atom. The van der Waals surface area contributed by atoms with Crippen molar-refractivity contribution in [3.63, 3.8) is 0 Å². The second kappa shape index (κ2) is 8.74. The number of hydrogen-bond acceptors (Lipinski definition) is 5. The van der Waals surface area contributed by atoms with Crippen LogP contribution in [0.1, 0.15) is 11.1 Å². The van der Waals surface area contributed by atoms with Crippen molar-refractivity contribution < 1.29 is 25.9 Å². The molecule has 2 aromatic rings. The molecule has 0 fully saturated rings. The van der Waals surface area contributed by atoms with Crippen molar-refractivity contribution in [2.45, 2.75) is 12.2 Å². The summed E-state index contributed by atoms with van der Waals surface area (Å²) in [5, 5.41) is 1.11. The first-order chi connectivity index (χ1) is 11.4. The summed E-state index contributed by atoms with van der Waals surface area (Å²) in [7, 11) is -2.38. The van der Waals surface area contributed by atoms with Gasteiger partial charge in [0.1, 0.15) is 0 Å². The zero-order valence-corrected chi connectivity index (χ0v) is 15.9. The van der Waals surface area contributed by atoms with Crippen molar-refractivity contribution in [2.24, 2.45) is 0 Å². The quantitative estimate of drug-likeness (QED) is 0.529. The van der Waals surface area contributed by atoms with E-state index >= 15 is 0 Å². The predicted molar refractivity (Wildman–Crippen MR) is 96.4 cm³/mol. The number of hydrogen-bond donors (Lipinski definition) is 4. The van der Waals surface area contributed by atoms with Gasteiger partial charge < -0.3 is 9.88 Å². The van der Waals surface area contributed by atoms with E-state index in [1.54, 1.807) is 0 Å². The molecule has 1 aromatic carbocycles. The Bertz CT molecular complexity index is 896. The van der Waals surface area contributed by atoms with E-state index in [2.05, 4.69) is 14.6 Å².